The molecule has 3 rings (SSSR count). The molecule has 0 saturated carbocycles. The van der Waals surface area contributed by atoms with Crippen molar-refractivity contribution in [3.05, 3.63) is 54.1 Å². The first kappa shape index (κ1) is 20.1. The molecule has 0 aliphatic heterocycles. The summed E-state index contributed by atoms with van der Waals surface area (Å²) in [6.07, 6.45) is 2.10. The monoisotopic (exact) mass is 377 g/mol. The Morgan fingerprint density at radius 2 is 1.75 bits per heavy atom. The van der Waals surface area contributed by atoms with Gasteiger partial charge >= 0.3 is 0 Å². The normalized spacial score (nSPS) is 11.8. The van der Waals surface area contributed by atoms with E-state index in [-0.39, 0.29) is 11.3 Å². The van der Waals surface area contributed by atoms with Crippen molar-refractivity contribution in [3.8, 4) is 11.4 Å². The van der Waals surface area contributed by atoms with E-state index in [0.717, 1.165) is 41.8 Å². The molecule has 3 aromatic rings. The summed E-state index contributed by atoms with van der Waals surface area (Å²) in [7, 11) is 1.88. The van der Waals surface area contributed by atoms with Gasteiger partial charge in [0.05, 0.1) is 11.0 Å². The molecule has 0 atom stereocenters. The number of hydrogen-bond acceptors (Lipinski definition) is 2. The van der Waals surface area contributed by atoms with Crippen molar-refractivity contribution in [2.75, 3.05) is 13.6 Å². The zero-order valence-corrected chi connectivity index (χ0v) is 17.7. The minimum Gasteiger partial charge on any atom is -0.344 e. The van der Waals surface area contributed by atoms with Gasteiger partial charge in [0.1, 0.15) is 12.4 Å². The summed E-state index contributed by atoms with van der Waals surface area (Å²) in [5.41, 5.74) is 4.34. The Kier molecular flexibility index (Phi) is 5.87. The number of aromatic nitrogens is 2. The first-order valence-corrected chi connectivity index (χ1v) is 10.1. The number of fused-ring (bicyclic) bond motifs is 1. The molecule has 0 bridgehead atoms. The number of carbonyl (C=O) groups is 1. The van der Waals surface area contributed by atoms with Crippen molar-refractivity contribution in [1.82, 2.24) is 14.5 Å². The second-order valence-electron chi connectivity index (χ2n) is 8.51. The molecule has 2 aromatic carbocycles. The Morgan fingerprint density at radius 3 is 2.39 bits per heavy atom. The molecular weight excluding hydrogens is 346 g/mol. The summed E-state index contributed by atoms with van der Waals surface area (Å²) in [5, 5.41) is 0. The van der Waals surface area contributed by atoms with E-state index in [1.165, 1.54) is 5.56 Å². The van der Waals surface area contributed by atoms with Gasteiger partial charge in [0.15, 0.2) is 0 Å². The number of para-hydroxylation sites is 2. The molecule has 1 amide bonds. The second-order valence-corrected chi connectivity index (χ2v) is 8.51. The maximum absolute atomic E-state index is 12.8. The van der Waals surface area contributed by atoms with E-state index < -0.39 is 0 Å². The molecule has 28 heavy (non-hydrogen) atoms. The lowest BCUT2D eigenvalue weighted by Gasteiger charge is -2.20. The van der Waals surface area contributed by atoms with Gasteiger partial charge in [-0.1, -0.05) is 70.5 Å². The van der Waals surface area contributed by atoms with Gasteiger partial charge in [-0.05, 0) is 29.5 Å². The molecule has 4 nitrogen and oxygen atoms in total. The van der Waals surface area contributed by atoms with Crippen LogP contribution < -0.4 is 0 Å². The highest BCUT2D eigenvalue weighted by atomic mass is 16.2. The van der Waals surface area contributed by atoms with Crippen LogP contribution in [0.4, 0.5) is 0 Å². The van der Waals surface area contributed by atoms with Gasteiger partial charge in [-0.3, -0.25) is 4.79 Å². The topological polar surface area (TPSA) is 38.1 Å². The van der Waals surface area contributed by atoms with E-state index in [1.54, 1.807) is 0 Å². The SMILES string of the molecule is CCCCN(C)C(=O)Cn1c(-c2ccc(C(C)(C)C)cc2)nc2ccccc21. The molecule has 148 valence electrons. The van der Waals surface area contributed by atoms with Crippen LogP contribution in [0.15, 0.2) is 48.5 Å². The lowest BCUT2D eigenvalue weighted by Crippen LogP contribution is -2.31. The molecule has 0 saturated heterocycles. The number of nitrogens with zero attached hydrogens (tertiary/aromatic N) is 3. The van der Waals surface area contributed by atoms with Crippen LogP contribution >= 0.6 is 0 Å². The van der Waals surface area contributed by atoms with Crippen molar-refractivity contribution < 1.29 is 4.79 Å². The first-order valence-electron chi connectivity index (χ1n) is 10.1. The van der Waals surface area contributed by atoms with Crippen LogP contribution in [0.25, 0.3) is 22.4 Å². The van der Waals surface area contributed by atoms with E-state index >= 15 is 0 Å². The van der Waals surface area contributed by atoms with Crippen LogP contribution in [0, 0.1) is 0 Å². The number of likely N-dealkylation sites (N-methyl/N-ethyl adjacent to an activating group) is 1. The Hall–Kier alpha value is -2.62. The highest BCUT2D eigenvalue weighted by Crippen LogP contribution is 2.28. The average Bonchev–Trinajstić information content (AvgIpc) is 3.04. The van der Waals surface area contributed by atoms with Crippen molar-refractivity contribution in [2.24, 2.45) is 0 Å². The quantitative estimate of drug-likeness (QED) is 0.588. The Labute approximate surface area is 168 Å². The number of unbranched alkanes of at least 4 members (excludes halogenated alkanes) is 1. The molecular formula is C24H31N3O. The minimum absolute atomic E-state index is 0.108. The summed E-state index contributed by atoms with van der Waals surface area (Å²) in [6, 6.07) is 16.6. The molecule has 0 N–H and O–H groups in total. The number of hydrogen-bond donors (Lipinski definition) is 0. The van der Waals surface area contributed by atoms with Gasteiger partial charge in [0.25, 0.3) is 0 Å². The highest BCUT2D eigenvalue weighted by Gasteiger charge is 2.18. The van der Waals surface area contributed by atoms with Gasteiger partial charge in [-0.15, -0.1) is 0 Å². The van der Waals surface area contributed by atoms with E-state index in [1.807, 2.05) is 40.8 Å². The molecule has 4 heteroatoms. The molecule has 0 spiro atoms. The predicted octanol–water partition coefficient (Wildman–Crippen LogP) is 5.26. The molecule has 1 heterocycles. The number of amides is 1. The predicted molar refractivity (Wildman–Crippen MR) is 116 cm³/mol. The zero-order chi connectivity index (χ0) is 20.3. The van der Waals surface area contributed by atoms with Crippen LogP contribution in [0.3, 0.4) is 0 Å². The van der Waals surface area contributed by atoms with Crippen LogP contribution in [0.2, 0.25) is 0 Å². The van der Waals surface area contributed by atoms with Crippen LogP contribution in [0.5, 0.6) is 0 Å². The van der Waals surface area contributed by atoms with Gasteiger partial charge in [-0.2, -0.15) is 0 Å². The van der Waals surface area contributed by atoms with E-state index in [9.17, 15) is 4.79 Å². The van der Waals surface area contributed by atoms with Gasteiger partial charge in [0, 0.05) is 19.2 Å². The first-order chi connectivity index (χ1) is 13.3. The fourth-order valence-electron chi connectivity index (χ4n) is 3.35. The van der Waals surface area contributed by atoms with Gasteiger partial charge in [-0.25, -0.2) is 4.98 Å². The third-order valence-electron chi connectivity index (χ3n) is 5.23. The maximum atomic E-state index is 12.8. The van der Waals surface area contributed by atoms with Crippen molar-refractivity contribution in [1.29, 1.82) is 0 Å². The standard InChI is InChI=1S/C24H31N3O/c1-6-7-16-26(5)22(28)17-27-21-11-9-8-10-20(21)25-23(27)18-12-14-19(15-13-18)24(2,3)4/h8-15H,6-7,16-17H2,1-5H3. The summed E-state index contributed by atoms with van der Waals surface area (Å²) >= 11 is 0. The molecule has 0 aliphatic rings. The third kappa shape index (κ3) is 4.27. The van der Waals surface area contributed by atoms with E-state index in [0.29, 0.717) is 6.54 Å². The lowest BCUT2D eigenvalue weighted by atomic mass is 9.87. The minimum atomic E-state index is 0.108. The number of imidazole rings is 1. The zero-order valence-electron chi connectivity index (χ0n) is 17.7. The van der Waals surface area contributed by atoms with Crippen LogP contribution in [-0.4, -0.2) is 34.0 Å². The summed E-state index contributed by atoms with van der Waals surface area (Å²) < 4.78 is 2.05. The third-order valence-corrected chi connectivity index (χ3v) is 5.23. The number of carbonyl (C=O) groups excluding carboxylic acids is 1. The summed E-state index contributed by atoms with van der Waals surface area (Å²) in [6.45, 7) is 9.86. The van der Waals surface area contributed by atoms with Crippen molar-refractivity contribution in [3.63, 3.8) is 0 Å². The lowest BCUT2D eigenvalue weighted by molar-refractivity contribution is -0.130. The van der Waals surface area contributed by atoms with E-state index in [2.05, 4.69) is 52.0 Å². The largest absolute Gasteiger partial charge is 0.344 e. The van der Waals surface area contributed by atoms with E-state index in [4.69, 9.17) is 4.98 Å². The summed E-state index contributed by atoms with van der Waals surface area (Å²) in [5.74, 6) is 0.961. The fourth-order valence-corrected chi connectivity index (χ4v) is 3.35. The number of rotatable bonds is 6. The maximum Gasteiger partial charge on any atom is 0.242 e. The van der Waals surface area contributed by atoms with Gasteiger partial charge < -0.3 is 9.47 Å². The highest BCUT2D eigenvalue weighted by molar-refractivity contribution is 5.84. The average molecular weight is 378 g/mol. The second kappa shape index (κ2) is 8.17. The van der Waals surface area contributed by atoms with Crippen molar-refractivity contribution in [2.45, 2.75) is 52.5 Å². The fraction of sp³-hybridized carbons (Fsp3) is 0.417. The Balaban J connectivity index is 1.99. The molecule has 0 fully saturated rings. The van der Waals surface area contributed by atoms with Crippen LogP contribution in [-0.2, 0) is 16.8 Å². The Morgan fingerprint density at radius 1 is 1.07 bits per heavy atom. The van der Waals surface area contributed by atoms with Gasteiger partial charge in [0.2, 0.25) is 5.91 Å². The molecule has 0 unspecified atom stereocenters. The smallest absolute Gasteiger partial charge is 0.242 e. The molecule has 0 aliphatic carbocycles. The number of benzene rings is 2. The van der Waals surface area contributed by atoms with Crippen molar-refractivity contribution >= 4 is 16.9 Å². The Bertz CT molecular complexity index is 948. The molecule has 1 aromatic heterocycles. The summed E-state index contributed by atoms with van der Waals surface area (Å²) in [4.78, 5) is 19.5. The molecule has 0 radical (unpaired) electrons. The van der Waals surface area contributed by atoms with Crippen LogP contribution in [0.1, 0.15) is 46.1 Å².